The predicted octanol–water partition coefficient (Wildman–Crippen LogP) is 3.73. The van der Waals surface area contributed by atoms with Crippen LogP contribution >= 0.6 is 0 Å². The minimum absolute atomic E-state index is 0.269. The minimum atomic E-state index is -3.69. The molecule has 2 aromatic carbocycles. The highest BCUT2D eigenvalue weighted by Crippen LogP contribution is 2.33. The molecule has 2 aromatic heterocycles. The van der Waals surface area contributed by atoms with E-state index in [9.17, 15) is 8.42 Å². The van der Waals surface area contributed by atoms with Gasteiger partial charge in [-0.05, 0) is 31.2 Å². The van der Waals surface area contributed by atoms with Gasteiger partial charge in [-0.25, -0.2) is 12.4 Å². The number of benzene rings is 2. The van der Waals surface area contributed by atoms with E-state index in [4.69, 9.17) is 0 Å². The number of fused-ring (bicyclic) bond motifs is 3. The van der Waals surface area contributed by atoms with Gasteiger partial charge < -0.3 is 0 Å². The molecule has 0 bridgehead atoms. The zero-order valence-corrected chi connectivity index (χ0v) is 13.3. The van der Waals surface area contributed by atoms with Gasteiger partial charge in [-0.3, -0.25) is 4.98 Å². The van der Waals surface area contributed by atoms with Crippen molar-refractivity contribution < 1.29 is 8.42 Å². The molecule has 0 radical (unpaired) electrons. The maximum atomic E-state index is 13.2. The van der Waals surface area contributed by atoms with Crippen molar-refractivity contribution in [3.05, 3.63) is 72.6 Å². The highest BCUT2D eigenvalue weighted by atomic mass is 32.2. The lowest BCUT2D eigenvalue weighted by molar-refractivity contribution is 0.590. The van der Waals surface area contributed by atoms with Crippen LogP contribution < -0.4 is 0 Å². The lowest BCUT2D eigenvalue weighted by Crippen LogP contribution is -2.13. The van der Waals surface area contributed by atoms with Gasteiger partial charge in [-0.2, -0.15) is 0 Å². The second-order valence-corrected chi connectivity index (χ2v) is 7.18. The molecular weight excluding hydrogens is 308 g/mol. The number of hydrogen-bond acceptors (Lipinski definition) is 3. The van der Waals surface area contributed by atoms with Crippen LogP contribution in [0.1, 0.15) is 5.69 Å². The van der Waals surface area contributed by atoms with E-state index in [1.165, 1.54) is 3.97 Å². The molecule has 5 heteroatoms. The van der Waals surface area contributed by atoms with E-state index in [0.717, 1.165) is 10.8 Å². The van der Waals surface area contributed by atoms with Crippen molar-refractivity contribution in [2.45, 2.75) is 11.8 Å². The second kappa shape index (κ2) is 4.93. The van der Waals surface area contributed by atoms with Crippen molar-refractivity contribution in [2.75, 3.05) is 0 Å². The smallest absolute Gasteiger partial charge is 0.259 e. The van der Waals surface area contributed by atoms with E-state index >= 15 is 0 Å². The van der Waals surface area contributed by atoms with Crippen LogP contribution in [0.5, 0.6) is 0 Å². The standard InChI is InChI=1S/C18H14N2O2S/c1-13-18-16(11-12-19-13)15-9-5-6-10-17(15)20(18)23(21,22)14-7-3-2-4-8-14/h2-12H,1H3. The first-order valence-electron chi connectivity index (χ1n) is 7.26. The zero-order valence-electron chi connectivity index (χ0n) is 12.5. The average Bonchev–Trinajstić information content (AvgIpc) is 2.92. The van der Waals surface area contributed by atoms with Crippen molar-refractivity contribution in [3.8, 4) is 0 Å². The first-order valence-corrected chi connectivity index (χ1v) is 8.70. The Morgan fingerprint density at radius 1 is 0.870 bits per heavy atom. The summed E-state index contributed by atoms with van der Waals surface area (Å²) in [7, 11) is -3.69. The first kappa shape index (κ1) is 14.0. The number of hydrogen-bond donors (Lipinski definition) is 0. The van der Waals surface area contributed by atoms with Crippen molar-refractivity contribution in [2.24, 2.45) is 0 Å². The van der Waals surface area contributed by atoms with Gasteiger partial charge in [0, 0.05) is 17.0 Å². The molecule has 4 aromatic rings. The van der Waals surface area contributed by atoms with Gasteiger partial charge in [0.15, 0.2) is 0 Å². The second-order valence-electron chi connectivity index (χ2n) is 5.39. The number of pyridine rings is 1. The molecular formula is C18H14N2O2S. The lowest BCUT2D eigenvalue weighted by Gasteiger charge is -2.10. The van der Waals surface area contributed by atoms with Crippen molar-refractivity contribution in [3.63, 3.8) is 0 Å². The fourth-order valence-corrected chi connectivity index (χ4v) is 4.58. The fraction of sp³-hybridized carbons (Fsp3) is 0.0556. The SMILES string of the molecule is Cc1nccc2c3ccccc3n(S(=O)(=O)c3ccccc3)c12. The molecule has 0 saturated heterocycles. The van der Waals surface area contributed by atoms with Crippen molar-refractivity contribution >= 4 is 31.8 Å². The predicted molar refractivity (Wildman–Crippen MR) is 91.0 cm³/mol. The van der Waals surface area contributed by atoms with E-state index in [1.807, 2.05) is 37.3 Å². The Morgan fingerprint density at radius 2 is 1.57 bits per heavy atom. The van der Waals surface area contributed by atoms with Crippen LogP contribution in [0.15, 0.2) is 71.8 Å². The van der Waals surface area contributed by atoms with Crippen LogP contribution in [-0.4, -0.2) is 17.4 Å². The van der Waals surface area contributed by atoms with Gasteiger partial charge in [-0.15, -0.1) is 0 Å². The van der Waals surface area contributed by atoms with E-state index in [1.54, 1.807) is 36.5 Å². The molecule has 0 aliphatic heterocycles. The summed E-state index contributed by atoms with van der Waals surface area (Å²) in [5.74, 6) is 0. The molecule has 4 rings (SSSR count). The minimum Gasteiger partial charge on any atom is -0.259 e. The van der Waals surface area contributed by atoms with E-state index in [-0.39, 0.29) is 4.90 Å². The zero-order chi connectivity index (χ0) is 16.0. The van der Waals surface area contributed by atoms with E-state index in [2.05, 4.69) is 4.98 Å². The normalized spacial score (nSPS) is 12.0. The summed E-state index contributed by atoms with van der Waals surface area (Å²) in [6.07, 6.45) is 1.71. The van der Waals surface area contributed by atoms with Gasteiger partial charge in [0.1, 0.15) is 0 Å². The third kappa shape index (κ3) is 1.97. The Bertz CT molecular complexity index is 1130. The molecule has 0 N–H and O–H groups in total. The average molecular weight is 322 g/mol. The summed E-state index contributed by atoms with van der Waals surface area (Å²) in [4.78, 5) is 4.55. The third-order valence-electron chi connectivity index (χ3n) is 4.00. The van der Waals surface area contributed by atoms with Crippen LogP contribution in [0, 0.1) is 6.92 Å². The Labute approximate surface area is 134 Å². The summed E-state index contributed by atoms with van der Waals surface area (Å²) in [5, 5.41) is 1.81. The summed E-state index contributed by atoms with van der Waals surface area (Å²) >= 11 is 0. The summed E-state index contributed by atoms with van der Waals surface area (Å²) in [5.41, 5.74) is 2.00. The molecule has 0 spiro atoms. The van der Waals surface area contributed by atoms with Crippen LogP contribution in [-0.2, 0) is 10.0 Å². The monoisotopic (exact) mass is 322 g/mol. The molecule has 4 nitrogen and oxygen atoms in total. The molecule has 0 unspecified atom stereocenters. The molecule has 0 saturated carbocycles. The number of nitrogens with zero attached hydrogens (tertiary/aromatic N) is 2. The highest BCUT2D eigenvalue weighted by Gasteiger charge is 2.24. The number of aryl methyl sites for hydroxylation is 1. The van der Waals surface area contributed by atoms with Gasteiger partial charge in [-0.1, -0.05) is 36.4 Å². The van der Waals surface area contributed by atoms with Crippen LogP contribution in [0.3, 0.4) is 0 Å². The molecule has 0 aliphatic carbocycles. The summed E-state index contributed by atoms with van der Waals surface area (Å²) in [6, 6.07) is 17.9. The molecule has 2 heterocycles. The quantitative estimate of drug-likeness (QED) is 0.565. The Morgan fingerprint density at radius 3 is 2.35 bits per heavy atom. The third-order valence-corrected chi connectivity index (χ3v) is 5.73. The lowest BCUT2D eigenvalue weighted by atomic mass is 10.2. The summed E-state index contributed by atoms with van der Waals surface area (Å²) in [6.45, 7) is 1.83. The number of aromatic nitrogens is 2. The molecule has 0 amide bonds. The highest BCUT2D eigenvalue weighted by molar-refractivity contribution is 7.90. The largest absolute Gasteiger partial charge is 0.268 e. The maximum absolute atomic E-state index is 13.2. The van der Waals surface area contributed by atoms with Crippen LogP contribution in [0.4, 0.5) is 0 Å². The molecule has 23 heavy (non-hydrogen) atoms. The molecule has 0 fully saturated rings. The van der Waals surface area contributed by atoms with Crippen LogP contribution in [0.2, 0.25) is 0 Å². The Kier molecular flexibility index (Phi) is 2.99. The van der Waals surface area contributed by atoms with Crippen molar-refractivity contribution in [1.29, 1.82) is 0 Å². The fourth-order valence-electron chi connectivity index (χ4n) is 2.98. The van der Waals surface area contributed by atoms with Gasteiger partial charge >= 0.3 is 0 Å². The molecule has 0 aliphatic rings. The van der Waals surface area contributed by atoms with Crippen molar-refractivity contribution in [1.82, 2.24) is 8.96 Å². The first-order chi connectivity index (χ1) is 11.1. The maximum Gasteiger partial charge on any atom is 0.268 e. The van der Waals surface area contributed by atoms with E-state index < -0.39 is 10.0 Å². The van der Waals surface area contributed by atoms with Gasteiger partial charge in [0.25, 0.3) is 10.0 Å². The Balaban J connectivity index is 2.22. The molecule has 114 valence electrons. The summed E-state index contributed by atoms with van der Waals surface area (Å²) < 4.78 is 27.8. The van der Waals surface area contributed by atoms with E-state index in [0.29, 0.717) is 16.7 Å². The van der Waals surface area contributed by atoms with Gasteiger partial charge in [0.2, 0.25) is 0 Å². The van der Waals surface area contributed by atoms with Gasteiger partial charge in [0.05, 0.1) is 21.6 Å². The van der Waals surface area contributed by atoms with Crippen LogP contribution in [0.25, 0.3) is 21.8 Å². The topological polar surface area (TPSA) is 52.0 Å². The number of para-hydroxylation sites is 1. The molecule has 0 atom stereocenters. The number of rotatable bonds is 2. The Hall–Kier alpha value is -2.66.